The lowest BCUT2D eigenvalue weighted by Crippen LogP contribution is -2.31. The van der Waals surface area contributed by atoms with Crippen molar-refractivity contribution in [2.45, 2.75) is 13.1 Å². The van der Waals surface area contributed by atoms with Gasteiger partial charge in [-0.1, -0.05) is 30.3 Å². The van der Waals surface area contributed by atoms with Crippen LogP contribution in [0.15, 0.2) is 53.5 Å². The third kappa shape index (κ3) is 3.69. The molecule has 0 unspecified atom stereocenters. The van der Waals surface area contributed by atoms with Gasteiger partial charge in [-0.2, -0.15) is 0 Å². The van der Waals surface area contributed by atoms with E-state index in [2.05, 4.69) is 10.1 Å². The van der Waals surface area contributed by atoms with Gasteiger partial charge < -0.3 is 4.74 Å². The Balaban J connectivity index is 1.83. The van der Waals surface area contributed by atoms with E-state index in [9.17, 15) is 9.59 Å². The number of carbonyl (C=O) groups excluding carboxylic acids is 1. The molecule has 24 heavy (non-hydrogen) atoms. The van der Waals surface area contributed by atoms with Crippen LogP contribution in [0.2, 0.25) is 0 Å². The number of carbonyl (C=O) groups is 1. The van der Waals surface area contributed by atoms with Crippen LogP contribution < -0.4 is 5.56 Å². The number of nitrogens with zero attached hydrogens (tertiary/aromatic N) is 3. The fraction of sp³-hybridized carbons (Fsp3) is 0.235. The Kier molecular flexibility index (Phi) is 4.72. The van der Waals surface area contributed by atoms with E-state index in [1.165, 1.54) is 17.7 Å². The quantitative estimate of drug-likeness (QED) is 0.689. The fourth-order valence-corrected chi connectivity index (χ4v) is 2.54. The Hall–Kier alpha value is -2.93. The molecule has 1 aromatic carbocycles. The van der Waals surface area contributed by atoms with Gasteiger partial charge >= 0.3 is 5.97 Å². The first-order valence-corrected chi connectivity index (χ1v) is 7.55. The summed E-state index contributed by atoms with van der Waals surface area (Å²) in [6.45, 7) is 1.06. The number of fused-ring (bicyclic) bond motifs is 1. The van der Waals surface area contributed by atoms with Crippen LogP contribution in [0.1, 0.15) is 11.3 Å². The zero-order chi connectivity index (χ0) is 16.9. The van der Waals surface area contributed by atoms with Crippen molar-refractivity contribution >= 4 is 11.6 Å². The first-order chi connectivity index (χ1) is 11.7. The maximum Gasteiger partial charge on any atom is 0.319 e. The zero-order valence-corrected chi connectivity index (χ0v) is 13.3. The lowest BCUT2D eigenvalue weighted by atomic mass is 10.2. The minimum absolute atomic E-state index is 0.125. The largest absolute Gasteiger partial charge is 0.468 e. The van der Waals surface area contributed by atoms with Crippen molar-refractivity contribution in [1.29, 1.82) is 0 Å². The van der Waals surface area contributed by atoms with Gasteiger partial charge in [0, 0.05) is 31.4 Å². The first-order valence-electron chi connectivity index (χ1n) is 7.55. The highest BCUT2D eigenvalue weighted by atomic mass is 16.5. The number of aromatic amines is 1. The lowest BCUT2D eigenvalue weighted by Gasteiger charge is -2.20. The van der Waals surface area contributed by atoms with Crippen LogP contribution in [0.3, 0.4) is 0 Å². The molecule has 3 rings (SSSR count). The van der Waals surface area contributed by atoms with E-state index in [1.807, 2.05) is 35.2 Å². The van der Waals surface area contributed by atoms with E-state index in [0.717, 1.165) is 5.56 Å². The minimum Gasteiger partial charge on any atom is -0.468 e. The predicted octanol–water partition coefficient (Wildman–Crippen LogP) is 1.20. The summed E-state index contributed by atoms with van der Waals surface area (Å²) in [5.74, 6) is -0.328. The number of benzene rings is 1. The van der Waals surface area contributed by atoms with Gasteiger partial charge in [-0.15, -0.1) is 0 Å². The van der Waals surface area contributed by atoms with Crippen molar-refractivity contribution < 1.29 is 9.53 Å². The van der Waals surface area contributed by atoms with E-state index in [-0.39, 0.29) is 18.1 Å². The molecule has 0 saturated heterocycles. The Morgan fingerprint density at radius 1 is 1.25 bits per heavy atom. The molecule has 0 aliphatic rings. The van der Waals surface area contributed by atoms with Gasteiger partial charge in [0.05, 0.1) is 19.3 Å². The number of esters is 1. The highest BCUT2D eigenvalue weighted by molar-refractivity contribution is 5.71. The Labute approximate surface area is 138 Å². The number of ether oxygens (including phenoxy) is 1. The van der Waals surface area contributed by atoms with Gasteiger partial charge in [0.15, 0.2) is 5.65 Å². The standard InChI is InChI=1S/C17H18N4O3/c1-24-17(23)12-20(10-13-5-3-2-4-6-13)11-14-9-16(22)21-15(19-14)7-8-18-21/h2-9,18H,10-12H2,1H3. The fourth-order valence-electron chi connectivity index (χ4n) is 2.54. The second kappa shape index (κ2) is 7.10. The molecule has 1 N–H and O–H groups in total. The summed E-state index contributed by atoms with van der Waals surface area (Å²) in [5.41, 5.74) is 2.05. The smallest absolute Gasteiger partial charge is 0.319 e. The van der Waals surface area contributed by atoms with Crippen molar-refractivity contribution in [1.82, 2.24) is 19.5 Å². The normalized spacial score (nSPS) is 11.1. The molecule has 0 fully saturated rings. The molecule has 0 radical (unpaired) electrons. The van der Waals surface area contributed by atoms with Gasteiger partial charge in [0.25, 0.3) is 5.56 Å². The molecule has 124 valence electrons. The third-order valence-corrected chi connectivity index (χ3v) is 3.65. The number of H-pyrrole nitrogens is 1. The van der Waals surface area contributed by atoms with Crippen molar-refractivity contribution in [2.24, 2.45) is 0 Å². The number of nitrogens with one attached hydrogen (secondary N) is 1. The summed E-state index contributed by atoms with van der Waals surface area (Å²) in [6, 6.07) is 13.0. The monoisotopic (exact) mass is 326 g/mol. The van der Waals surface area contributed by atoms with Gasteiger partial charge in [-0.3, -0.25) is 19.6 Å². The lowest BCUT2D eigenvalue weighted by molar-refractivity contribution is -0.142. The van der Waals surface area contributed by atoms with E-state index >= 15 is 0 Å². The average molecular weight is 326 g/mol. The molecular formula is C17H18N4O3. The average Bonchev–Trinajstić information content (AvgIpc) is 3.04. The van der Waals surface area contributed by atoms with Gasteiger partial charge in [0.1, 0.15) is 0 Å². The zero-order valence-electron chi connectivity index (χ0n) is 13.3. The number of aromatic nitrogens is 3. The van der Waals surface area contributed by atoms with E-state index in [4.69, 9.17) is 4.74 Å². The topological polar surface area (TPSA) is 79.7 Å². The van der Waals surface area contributed by atoms with Gasteiger partial charge in [0.2, 0.25) is 0 Å². The van der Waals surface area contributed by atoms with E-state index in [1.54, 1.807) is 12.3 Å². The summed E-state index contributed by atoms with van der Waals surface area (Å²) >= 11 is 0. The molecule has 2 heterocycles. The highest BCUT2D eigenvalue weighted by Crippen LogP contribution is 2.09. The van der Waals surface area contributed by atoms with Crippen molar-refractivity contribution in [3.05, 3.63) is 70.3 Å². The van der Waals surface area contributed by atoms with Gasteiger partial charge in [-0.05, 0) is 5.56 Å². The van der Waals surface area contributed by atoms with Crippen LogP contribution in [-0.4, -0.2) is 39.1 Å². The van der Waals surface area contributed by atoms with Crippen LogP contribution in [-0.2, 0) is 22.6 Å². The maximum absolute atomic E-state index is 12.1. The third-order valence-electron chi connectivity index (χ3n) is 3.65. The summed E-state index contributed by atoms with van der Waals surface area (Å²) in [7, 11) is 1.36. The van der Waals surface area contributed by atoms with Crippen molar-refractivity contribution in [3.63, 3.8) is 0 Å². The second-order valence-electron chi connectivity index (χ2n) is 5.45. The molecule has 7 nitrogen and oxygen atoms in total. The molecule has 3 aromatic rings. The molecule has 2 aromatic heterocycles. The molecule has 0 atom stereocenters. The van der Waals surface area contributed by atoms with Crippen LogP contribution in [0.25, 0.3) is 5.65 Å². The molecule has 0 saturated carbocycles. The molecule has 0 aliphatic heterocycles. The van der Waals surface area contributed by atoms with E-state index in [0.29, 0.717) is 24.4 Å². The molecular weight excluding hydrogens is 308 g/mol. The second-order valence-corrected chi connectivity index (χ2v) is 5.45. The summed E-state index contributed by atoms with van der Waals surface area (Å²) in [6.07, 6.45) is 1.66. The van der Waals surface area contributed by atoms with Crippen LogP contribution in [0.5, 0.6) is 0 Å². The molecule has 0 bridgehead atoms. The summed E-state index contributed by atoms with van der Waals surface area (Å²) in [4.78, 5) is 30.1. The van der Waals surface area contributed by atoms with Crippen LogP contribution >= 0.6 is 0 Å². The Morgan fingerprint density at radius 2 is 2.04 bits per heavy atom. The Bertz CT molecular complexity index is 885. The first kappa shape index (κ1) is 15.9. The number of hydrogen-bond acceptors (Lipinski definition) is 5. The van der Waals surface area contributed by atoms with Crippen LogP contribution in [0.4, 0.5) is 0 Å². The predicted molar refractivity (Wildman–Crippen MR) is 88.4 cm³/mol. The summed E-state index contributed by atoms with van der Waals surface area (Å²) in [5, 5.41) is 2.80. The van der Waals surface area contributed by atoms with Crippen molar-refractivity contribution in [2.75, 3.05) is 13.7 Å². The number of hydrogen-bond donors (Lipinski definition) is 1. The highest BCUT2D eigenvalue weighted by Gasteiger charge is 2.14. The van der Waals surface area contributed by atoms with Crippen LogP contribution in [0, 0.1) is 0 Å². The van der Waals surface area contributed by atoms with Crippen molar-refractivity contribution in [3.8, 4) is 0 Å². The summed E-state index contributed by atoms with van der Waals surface area (Å²) < 4.78 is 6.13. The molecule has 0 amide bonds. The SMILES string of the molecule is COC(=O)CN(Cc1ccccc1)Cc1cc(=O)n2[nH]ccc2n1. The maximum atomic E-state index is 12.1. The number of rotatable bonds is 6. The number of methoxy groups -OCH3 is 1. The minimum atomic E-state index is -0.328. The van der Waals surface area contributed by atoms with Gasteiger partial charge in [-0.25, -0.2) is 9.50 Å². The molecule has 0 spiro atoms. The Morgan fingerprint density at radius 3 is 2.79 bits per heavy atom. The van der Waals surface area contributed by atoms with E-state index < -0.39 is 0 Å². The molecule has 0 aliphatic carbocycles. The molecule has 7 heteroatoms.